The molecule has 5 nitrogen and oxygen atoms in total. The number of pyridine rings is 2. The van der Waals surface area contributed by atoms with Crippen molar-refractivity contribution < 1.29 is 14.2 Å². The number of methoxy groups -OCH3 is 1. The first-order chi connectivity index (χ1) is 16.7. The van der Waals surface area contributed by atoms with Crippen molar-refractivity contribution in [2.24, 2.45) is 11.8 Å². The van der Waals surface area contributed by atoms with Gasteiger partial charge in [0.25, 0.3) is 0 Å². The van der Waals surface area contributed by atoms with Gasteiger partial charge in [-0.1, -0.05) is 0 Å². The first kappa shape index (κ1) is 24.9. The summed E-state index contributed by atoms with van der Waals surface area (Å²) >= 11 is 1.84. The number of fused-ring (bicyclic) bond motifs is 1. The molecule has 3 heterocycles. The first-order valence-corrected chi connectivity index (χ1v) is 13.1. The molecule has 0 saturated carbocycles. The van der Waals surface area contributed by atoms with Gasteiger partial charge in [0.1, 0.15) is 11.9 Å². The average Bonchev–Trinajstić information content (AvgIpc) is 2.89. The molecule has 3 aromatic rings. The number of ether oxygens (including phenoxy) is 1. The highest BCUT2D eigenvalue weighted by atomic mass is 32.2. The smallest absolute Gasteiger partial charge is 0.126 e. The molecular formula is C27H34FN3O2S. The maximum absolute atomic E-state index is 15.4. The third kappa shape index (κ3) is 6.46. The van der Waals surface area contributed by atoms with E-state index in [1.165, 1.54) is 4.90 Å². The monoisotopic (exact) mass is 483 g/mol. The zero-order valence-electron chi connectivity index (χ0n) is 19.8. The van der Waals surface area contributed by atoms with E-state index in [1.807, 2.05) is 42.2 Å². The lowest BCUT2D eigenvalue weighted by Gasteiger charge is -2.38. The fourth-order valence-electron chi connectivity index (χ4n) is 4.92. The van der Waals surface area contributed by atoms with E-state index < -0.39 is 6.17 Å². The number of hydrogen-bond acceptors (Lipinski definition) is 6. The summed E-state index contributed by atoms with van der Waals surface area (Å²) in [4.78, 5) is 12.2. The van der Waals surface area contributed by atoms with Crippen molar-refractivity contribution in [3.63, 3.8) is 0 Å². The third-order valence-corrected chi connectivity index (χ3v) is 7.91. The second-order valence-electron chi connectivity index (χ2n) is 9.01. The van der Waals surface area contributed by atoms with Gasteiger partial charge in [0.05, 0.1) is 12.6 Å². The van der Waals surface area contributed by atoms with Crippen LogP contribution in [0.2, 0.25) is 0 Å². The standard InChI is InChI=1S/C27H34FN3O2S/c1-33-22-6-8-27-25(16-22)24(9-12-30-27)26(28)7-5-20-10-14-31(18-21(20)19-32)13-3-15-34-23-4-2-11-29-17-23/h2,4,6,8-9,11-12,16-17,20-21,26,32H,3,5,7,10,13-15,18-19H2,1H3/t20-,21-,26-/m1/s1. The molecule has 1 N–H and O–H groups in total. The zero-order valence-corrected chi connectivity index (χ0v) is 20.6. The maximum atomic E-state index is 15.4. The molecule has 0 amide bonds. The van der Waals surface area contributed by atoms with Gasteiger partial charge in [-0.15, -0.1) is 11.8 Å². The SMILES string of the molecule is COc1ccc2nccc([C@H](F)CC[C@@H]3CCN(CCCSc4cccnc4)C[C@@H]3CO)c2c1. The van der Waals surface area contributed by atoms with Gasteiger partial charge in [-0.2, -0.15) is 0 Å². The number of thioether (sulfide) groups is 1. The van der Waals surface area contributed by atoms with Gasteiger partial charge in [-0.05, 0) is 98.3 Å². The Morgan fingerprint density at radius 1 is 1.24 bits per heavy atom. The van der Waals surface area contributed by atoms with Crippen LogP contribution >= 0.6 is 11.8 Å². The van der Waals surface area contributed by atoms with E-state index in [1.54, 1.807) is 25.6 Å². The van der Waals surface area contributed by atoms with Crippen molar-refractivity contribution in [2.75, 3.05) is 39.1 Å². The Balaban J connectivity index is 1.26. The molecule has 0 spiro atoms. The topological polar surface area (TPSA) is 58.5 Å². The lowest BCUT2D eigenvalue weighted by atomic mass is 9.81. The molecule has 7 heteroatoms. The molecule has 1 fully saturated rings. The van der Waals surface area contributed by atoms with Crippen molar-refractivity contribution in [1.29, 1.82) is 0 Å². The Bertz CT molecular complexity index is 1040. The molecule has 1 aliphatic rings. The van der Waals surface area contributed by atoms with Crippen molar-refractivity contribution in [1.82, 2.24) is 14.9 Å². The minimum absolute atomic E-state index is 0.165. The first-order valence-electron chi connectivity index (χ1n) is 12.1. The molecule has 0 bridgehead atoms. The summed E-state index contributed by atoms with van der Waals surface area (Å²) in [5, 5.41) is 10.8. The van der Waals surface area contributed by atoms with Crippen LogP contribution < -0.4 is 4.74 Å². The number of aliphatic hydroxyl groups is 1. The van der Waals surface area contributed by atoms with Crippen LogP contribution in [0, 0.1) is 11.8 Å². The Morgan fingerprint density at radius 3 is 2.94 bits per heavy atom. The van der Waals surface area contributed by atoms with E-state index >= 15 is 4.39 Å². The number of nitrogens with zero attached hydrogens (tertiary/aromatic N) is 3. The molecule has 0 aliphatic carbocycles. The lowest BCUT2D eigenvalue weighted by Crippen LogP contribution is -2.42. The second kappa shape index (κ2) is 12.5. The maximum Gasteiger partial charge on any atom is 0.126 e. The number of benzene rings is 1. The van der Waals surface area contributed by atoms with Crippen LogP contribution in [0.5, 0.6) is 5.75 Å². The van der Waals surface area contributed by atoms with Crippen LogP contribution in [0.25, 0.3) is 10.9 Å². The number of aliphatic hydroxyl groups excluding tert-OH is 1. The Kier molecular flexibility index (Phi) is 9.13. The molecule has 182 valence electrons. The van der Waals surface area contributed by atoms with Crippen LogP contribution in [0.3, 0.4) is 0 Å². The van der Waals surface area contributed by atoms with Gasteiger partial charge in [0.2, 0.25) is 0 Å². The molecule has 3 atom stereocenters. The van der Waals surface area contributed by atoms with Crippen molar-refractivity contribution in [2.45, 2.75) is 36.8 Å². The average molecular weight is 484 g/mol. The molecule has 2 aromatic heterocycles. The van der Waals surface area contributed by atoms with E-state index in [2.05, 4.69) is 20.9 Å². The molecule has 0 unspecified atom stereocenters. The van der Waals surface area contributed by atoms with E-state index in [4.69, 9.17) is 4.74 Å². The Morgan fingerprint density at radius 2 is 2.15 bits per heavy atom. The summed E-state index contributed by atoms with van der Waals surface area (Å²) in [6.45, 7) is 3.11. The Hall–Kier alpha value is -2.22. The highest BCUT2D eigenvalue weighted by Gasteiger charge is 2.29. The van der Waals surface area contributed by atoms with Crippen LogP contribution in [0.15, 0.2) is 59.9 Å². The van der Waals surface area contributed by atoms with Gasteiger partial charge in [-0.3, -0.25) is 9.97 Å². The molecule has 1 saturated heterocycles. The lowest BCUT2D eigenvalue weighted by molar-refractivity contribution is 0.0640. The summed E-state index contributed by atoms with van der Waals surface area (Å²) in [7, 11) is 1.62. The quantitative estimate of drug-likeness (QED) is 0.285. The van der Waals surface area contributed by atoms with Gasteiger partial charge >= 0.3 is 0 Å². The van der Waals surface area contributed by atoms with Crippen LogP contribution in [0.1, 0.15) is 37.4 Å². The fourth-order valence-corrected chi connectivity index (χ4v) is 5.74. The largest absolute Gasteiger partial charge is 0.497 e. The second-order valence-corrected chi connectivity index (χ2v) is 10.2. The highest BCUT2D eigenvalue weighted by molar-refractivity contribution is 7.99. The van der Waals surface area contributed by atoms with Gasteiger partial charge in [0, 0.05) is 42.0 Å². The molecule has 1 aromatic carbocycles. The number of rotatable bonds is 11. The predicted molar refractivity (Wildman–Crippen MR) is 136 cm³/mol. The number of halogens is 1. The van der Waals surface area contributed by atoms with Crippen molar-refractivity contribution in [3.8, 4) is 5.75 Å². The summed E-state index contributed by atoms with van der Waals surface area (Å²) in [6.07, 6.45) is 7.68. The molecular weight excluding hydrogens is 449 g/mol. The van der Waals surface area contributed by atoms with Crippen molar-refractivity contribution >= 4 is 22.7 Å². The van der Waals surface area contributed by atoms with E-state index in [9.17, 15) is 5.11 Å². The molecule has 4 rings (SSSR count). The van der Waals surface area contributed by atoms with Crippen LogP contribution in [-0.4, -0.2) is 59.1 Å². The molecule has 34 heavy (non-hydrogen) atoms. The van der Waals surface area contributed by atoms with Crippen LogP contribution in [-0.2, 0) is 0 Å². The van der Waals surface area contributed by atoms with E-state index in [0.717, 1.165) is 55.6 Å². The van der Waals surface area contributed by atoms with Crippen LogP contribution in [0.4, 0.5) is 4.39 Å². The Labute approximate surface area is 205 Å². The summed E-state index contributed by atoms with van der Waals surface area (Å²) in [5.41, 5.74) is 1.46. The zero-order chi connectivity index (χ0) is 23.8. The summed E-state index contributed by atoms with van der Waals surface area (Å²) in [6, 6.07) is 11.4. The number of likely N-dealkylation sites (tertiary alicyclic amines) is 1. The minimum atomic E-state index is -1.06. The van der Waals surface area contributed by atoms with Gasteiger partial charge in [0.15, 0.2) is 0 Å². The minimum Gasteiger partial charge on any atom is -0.497 e. The third-order valence-electron chi connectivity index (χ3n) is 6.84. The summed E-state index contributed by atoms with van der Waals surface area (Å²) < 4.78 is 20.7. The van der Waals surface area contributed by atoms with E-state index in [0.29, 0.717) is 23.7 Å². The van der Waals surface area contributed by atoms with E-state index in [-0.39, 0.29) is 12.5 Å². The molecule has 1 aliphatic heterocycles. The number of alkyl halides is 1. The predicted octanol–water partition coefficient (Wildman–Crippen LogP) is 5.54. The van der Waals surface area contributed by atoms with Gasteiger partial charge < -0.3 is 14.7 Å². The molecule has 0 radical (unpaired) electrons. The fraction of sp³-hybridized carbons (Fsp3) is 0.481. The van der Waals surface area contributed by atoms with Gasteiger partial charge in [-0.25, -0.2) is 4.39 Å². The van der Waals surface area contributed by atoms with Crippen molar-refractivity contribution in [3.05, 3.63) is 60.6 Å². The normalized spacial score (nSPS) is 19.9. The highest BCUT2D eigenvalue weighted by Crippen LogP contribution is 2.35. The summed E-state index contributed by atoms with van der Waals surface area (Å²) in [5.74, 6) is 2.33. The number of aromatic nitrogens is 2. The number of piperidine rings is 1. The number of hydrogen-bond donors (Lipinski definition) is 1.